The van der Waals surface area contributed by atoms with Gasteiger partial charge in [0.15, 0.2) is 5.78 Å². The Morgan fingerprint density at radius 1 is 0.621 bits per heavy atom. The van der Waals surface area contributed by atoms with Crippen molar-refractivity contribution >= 4 is 17.7 Å². The van der Waals surface area contributed by atoms with E-state index in [1.807, 2.05) is 0 Å². The summed E-state index contributed by atoms with van der Waals surface area (Å²) in [6, 6.07) is 13.0. The summed E-state index contributed by atoms with van der Waals surface area (Å²) in [6.07, 6.45) is 0. The minimum Gasteiger partial charge on any atom is -0.507 e. The summed E-state index contributed by atoms with van der Waals surface area (Å²) in [7, 11) is 0. The molecule has 7 heteroatoms. The van der Waals surface area contributed by atoms with Gasteiger partial charge in [-0.1, -0.05) is 24.3 Å². The molecule has 3 aromatic carbocycles. The number of carbonyl (C=O) groups excluding carboxylic acids is 1. The second kappa shape index (κ2) is 7.47. The predicted octanol–water partition coefficient (Wildman–Crippen LogP) is 4.03. The summed E-state index contributed by atoms with van der Waals surface area (Å²) in [4.78, 5) is 34.3. The number of hydrogen-bond donors (Lipinski definition) is 4. The number of rotatable bonds is 5. The maximum atomic E-state index is 12.2. The Kier molecular flexibility index (Phi) is 5.06. The van der Waals surface area contributed by atoms with Gasteiger partial charge < -0.3 is 20.4 Å². The Bertz CT molecular complexity index is 1160. The smallest absolute Gasteiger partial charge is 0.339 e. The molecule has 0 unspecified atom stereocenters. The van der Waals surface area contributed by atoms with Crippen molar-refractivity contribution in [3.05, 3.63) is 71.3 Å². The molecule has 29 heavy (non-hydrogen) atoms. The molecular formula is C22H16O7. The van der Waals surface area contributed by atoms with Crippen LogP contribution >= 0.6 is 0 Å². The largest absolute Gasteiger partial charge is 0.507 e. The predicted molar refractivity (Wildman–Crippen MR) is 105 cm³/mol. The molecule has 7 nitrogen and oxygen atoms in total. The highest BCUT2D eigenvalue weighted by atomic mass is 16.4. The van der Waals surface area contributed by atoms with Gasteiger partial charge in [0.25, 0.3) is 0 Å². The van der Waals surface area contributed by atoms with Gasteiger partial charge in [0, 0.05) is 5.56 Å². The normalized spacial score (nSPS) is 10.5. The molecule has 0 amide bonds. The molecule has 0 spiro atoms. The summed E-state index contributed by atoms with van der Waals surface area (Å²) < 4.78 is 0. The van der Waals surface area contributed by atoms with E-state index in [4.69, 9.17) is 10.2 Å². The highest BCUT2D eigenvalue weighted by molar-refractivity contribution is 6.02. The quantitative estimate of drug-likeness (QED) is 0.482. The summed E-state index contributed by atoms with van der Waals surface area (Å²) in [6.45, 7) is 1.37. The Morgan fingerprint density at radius 3 is 1.55 bits per heavy atom. The molecule has 0 saturated carbocycles. The van der Waals surface area contributed by atoms with Crippen molar-refractivity contribution in [3.63, 3.8) is 0 Å². The van der Waals surface area contributed by atoms with E-state index in [2.05, 4.69) is 0 Å². The minimum atomic E-state index is -1.26. The molecule has 0 bridgehead atoms. The number of carboxylic acids is 2. The fraction of sp³-hybridized carbons (Fsp3) is 0.0455. The summed E-state index contributed by atoms with van der Waals surface area (Å²) >= 11 is 0. The van der Waals surface area contributed by atoms with Crippen molar-refractivity contribution in [1.82, 2.24) is 0 Å². The third-order valence-electron chi connectivity index (χ3n) is 4.50. The summed E-state index contributed by atoms with van der Waals surface area (Å²) in [5.41, 5.74) is 1.91. The van der Waals surface area contributed by atoms with Crippen LogP contribution in [0.1, 0.15) is 38.0 Å². The van der Waals surface area contributed by atoms with Crippen LogP contribution in [0.4, 0.5) is 0 Å². The highest BCUT2D eigenvalue weighted by Crippen LogP contribution is 2.33. The zero-order chi connectivity index (χ0) is 21.3. The second-order valence-electron chi connectivity index (χ2n) is 6.39. The van der Waals surface area contributed by atoms with Crippen LogP contribution in [0.5, 0.6) is 11.5 Å². The van der Waals surface area contributed by atoms with Gasteiger partial charge in [-0.15, -0.1) is 0 Å². The van der Waals surface area contributed by atoms with E-state index in [-0.39, 0.29) is 16.9 Å². The van der Waals surface area contributed by atoms with Crippen LogP contribution in [0.15, 0.2) is 54.6 Å². The number of aromatic carboxylic acids is 2. The van der Waals surface area contributed by atoms with Crippen molar-refractivity contribution in [2.24, 2.45) is 0 Å². The van der Waals surface area contributed by atoms with Crippen LogP contribution in [0.2, 0.25) is 0 Å². The number of carboxylic acid groups (broad SMARTS) is 2. The van der Waals surface area contributed by atoms with Crippen molar-refractivity contribution in [2.75, 3.05) is 0 Å². The van der Waals surface area contributed by atoms with E-state index in [1.54, 1.807) is 18.2 Å². The first-order chi connectivity index (χ1) is 13.7. The minimum absolute atomic E-state index is 0.230. The molecule has 4 N–H and O–H groups in total. The van der Waals surface area contributed by atoms with Crippen LogP contribution in [-0.2, 0) is 0 Å². The van der Waals surface area contributed by atoms with E-state index in [0.29, 0.717) is 27.8 Å². The van der Waals surface area contributed by atoms with Gasteiger partial charge in [-0.2, -0.15) is 0 Å². The fourth-order valence-electron chi connectivity index (χ4n) is 3.04. The standard InChI is InChI=1S/C22H16O7/c1-11(23)18-8-12(13-3-6-16(21(26)27)19(24)9-13)2-5-15(18)14-4-7-17(22(28)29)20(25)10-14/h2-10,24-25H,1H3,(H,26,27)(H,28,29). The highest BCUT2D eigenvalue weighted by Gasteiger charge is 2.16. The Morgan fingerprint density at radius 2 is 1.07 bits per heavy atom. The van der Waals surface area contributed by atoms with E-state index in [1.165, 1.54) is 43.3 Å². The SMILES string of the molecule is CC(=O)c1cc(-c2ccc(C(=O)O)c(O)c2)ccc1-c1ccc(C(=O)O)c(O)c1. The number of ketones is 1. The topological polar surface area (TPSA) is 132 Å². The van der Waals surface area contributed by atoms with Crippen molar-refractivity contribution in [1.29, 1.82) is 0 Å². The molecule has 0 aliphatic carbocycles. The first kappa shape index (κ1) is 19.6. The molecule has 0 heterocycles. The van der Waals surface area contributed by atoms with Gasteiger partial charge in [0.1, 0.15) is 22.6 Å². The maximum absolute atomic E-state index is 12.2. The van der Waals surface area contributed by atoms with Crippen molar-refractivity contribution in [2.45, 2.75) is 6.92 Å². The molecule has 0 aliphatic rings. The summed E-state index contributed by atoms with van der Waals surface area (Å²) in [5.74, 6) is -3.57. The van der Waals surface area contributed by atoms with E-state index >= 15 is 0 Å². The zero-order valence-electron chi connectivity index (χ0n) is 15.2. The van der Waals surface area contributed by atoms with Gasteiger partial charge >= 0.3 is 11.9 Å². The fourth-order valence-corrected chi connectivity index (χ4v) is 3.04. The Balaban J connectivity index is 2.10. The number of aromatic hydroxyl groups is 2. The third kappa shape index (κ3) is 3.79. The molecule has 0 radical (unpaired) electrons. The van der Waals surface area contributed by atoms with E-state index in [0.717, 1.165) is 0 Å². The molecule has 0 atom stereocenters. The summed E-state index contributed by atoms with van der Waals surface area (Å²) in [5, 5.41) is 37.9. The van der Waals surface area contributed by atoms with Crippen molar-refractivity contribution in [3.8, 4) is 33.8 Å². The molecule has 3 aromatic rings. The molecule has 146 valence electrons. The lowest BCUT2D eigenvalue weighted by Crippen LogP contribution is -2.00. The van der Waals surface area contributed by atoms with Gasteiger partial charge in [-0.05, 0) is 59.5 Å². The van der Waals surface area contributed by atoms with Crippen LogP contribution in [0.3, 0.4) is 0 Å². The molecular weight excluding hydrogens is 376 g/mol. The van der Waals surface area contributed by atoms with E-state index < -0.39 is 23.4 Å². The van der Waals surface area contributed by atoms with Gasteiger partial charge in [0.2, 0.25) is 0 Å². The maximum Gasteiger partial charge on any atom is 0.339 e. The Hall–Kier alpha value is -4.13. The van der Waals surface area contributed by atoms with E-state index in [9.17, 15) is 24.6 Å². The number of benzene rings is 3. The van der Waals surface area contributed by atoms with Gasteiger partial charge in [0.05, 0.1) is 0 Å². The third-order valence-corrected chi connectivity index (χ3v) is 4.50. The number of phenols is 2. The zero-order valence-corrected chi connectivity index (χ0v) is 15.2. The second-order valence-corrected chi connectivity index (χ2v) is 6.39. The first-order valence-corrected chi connectivity index (χ1v) is 8.47. The van der Waals surface area contributed by atoms with Crippen LogP contribution in [0.25, 0.3) is 22.3 Å². The number of Topliss-reactive ketones (excluding diaryl/α,β-unsaturated/α-hetero) is 1. The average Bonchev–Trinajstić information content (AvgIpc) is 2.66. The molecule has 0 aromatic heterocycles. The molecule has 0 fully saturated rings. The van der Waals surface area contributed by atoms with Crippen LogP contribution in [0, 0.1) is 0 Å². The number of hydrogen-bond acceptors (Lipinski definition) is 5. The Labute approximate surface area is 165 Å². The van der Waals surface area contributed by atoms with Gasteiger partial charge in [-0.25, -0.2) is 9.59 Å². The monoisotopic (exact) mass is 392 g/mol. The molecule has 0 saturated heterocycles. The van der Waals surface area contributed by atoms with Crippen LogP contribution in [-0.4, -0.2) is 38.1 Å². The lowest BCUT2D eigenvalue weighted by Gasteiger charge is -2.12. The van der Waals surface area contributed by atoms with Crippen molar-refractivity contribution < 1.29 is 34.8 Å². The lowest BCUT2D eigenvalue weighted by atomic mass is 9.92. The molecule has 0 aliphatic heterocycles. The van der Waals surface area contributed by atoms with Crippen LogP contribution < -0.4 is 0 Å². The first-order valence-electron chi connectivity index (χ1n) is 8.47. The average molecular weight is 392 g/mol. The lowest BCUT2D eigenvalue weighted by molar-refractivity contribution is 0.0682. The number of carbonyl (C=O) groups is 3. The van der Waals surface area contributed by atoms with Gasteiger partial charge in [-0.3, -0.25) is 4.79 Å². The molecule has 3 rings (SSSR count).